The van der Waals surface area contributed by atoms with Crippen LogP contribution in [0.2, 0.25) is 0 Å². The molecular formula is C28H34N2O5S. The Kier molecular flexibility index (Phi) is 8.11. The Morgan fingerprint density at radius 2 is 1.69 bits per heavy atom. The lowest BCUT2D eigenvalue weighted by Gasteiger charge is -2.24. The molecule has 0 aliphatic heterocycles. The molecule has 0 fully saturated rings. The van der Waals surface area contributed by atoms with E-state index in [2.05, 4.69) is 30.5 Å². The van der Waals surface area contributed by atoms with Gasteiger partial charge in [0.15, 0.2) is 0 Å². The Hall–Kier alpha value is -3.36. The predicted molar refractivity (Wildman–Crippen MR) is 147 cm³/mol. The number of hydrogen-bond donors (Lipinski definition) is 2. The van der Waals surface area contributed by atoms with Crippen molar-refractivity contribution in [2.75, 3.05) is 25.2 Å². The van der Waals surface area contributed by atoms with Gasteiger partial charge in [0, 0.05) is 35.2 Å². The van der Waals surface area contributed by atoms with Crippen molar-refractivity contribution in [2.24, 2.45) is 0 Å². The van der Waals surface area contributed by atoms with Crippen LogP contribution in [-0.4, -0.2) is 33.9 Å². The number of methoxy groups -OCH3 is 2. The molecule has 0 spiro atoms. The molecule has 1 heterocycles. The van der Waals surface area contributed by atoms with Gasteiger partial charge in [-0.25, -0.2) is 8.42 Å². The van der Waals surface area contributed by atoms with Crippen LogP contribution in [0.4, 0.5) is 5.69 Å². The smallest absolute Gasteiger partial charge is 0.256 e. The second-order valence-electron chi connectivity index (χ2n) is 9.83. The van der Waals surface area contributed by atoms with E-state index < -0.39 is 10.0 Å². The Morgan fingerprint density at radius 1 is 1.00 bits per heavy atom. The van der Waals surface area contributed by atoms with Crippen molar-refractivity contribution in [3.63, 3.8) is 0 Å². The molecule has 2 N–H and O–H groups in total. The van der Waals surface area contributed by atoms with E-state index in [0.717, 1.165) is 45.5 Å². The highest BCUT2D eigenvalue weighted by Crippen LogP contribution is 2.38. The largest absolute Gasteiger partial charge is 0.496 e. The molecule has 1 aromatic heterocycles. The van der Waals surface area contributed by atoms with Crippen molar-refractivity contribution >= 4 is 27.9 Å². The molecular weight excluding hydrogens is 476 g/mol. The van der Waals surface area contributed by atoms with E-state index in [1.54, 1.807) is 26.4 Å². The summed E-state index contributed by atoms with van der Waals surface area (Å²) in [4.78, 5) is 15.6. The van der Waals surface area contributed by atoms with Gasteiger partial charge in [0.05, 0.1) is 20.0 Å². The molecule has 2 aromatic carbocycles. The predicted octanol–water partition coefficient (Wildman–Crippen LogP) is 5.34. The summed E-state index contributed by atoms with van der Waals surface area (Å²) < 4.78 is 37.0. The SMILES string of the molecule is COCc1cc(NS(C)(=O)=O)ccc1/C=C/c1cc(-c2ccc(C)[nH]c2=O)cc(C(C)(C)C)c1OC. The normalized spacial score (nSPS) is 12.2. The second-order valence-corrected chi connectivity index (χ2v) is 11.6. The molecule has 0 aliphatic rings. The molecule has 7 nitrogen and oxygen atoms in total. The first-order valence-electron chi connectivity index (χ1n) is 11.5. The summed E-state index contributed by atoms with van der Waals surface area (Å²) in [5, 5.41) is 0. The molecule has 3 rings (SSSR count). The highest BCUT2D eigenvalue weighted by atomic mass is 32.2. The van der Waals surface area contributed by atoms with E-state index in [4.69, 9.17) is 9.47 Å². The van der Waals surface area contributed by atoms with Gasteiger partial charge in [-0.2, -0.15) is 0 Å². The third kappa shape index (κ3) is 6.65. The minimum absolute atomic E-state index is 0.147. The maximum Gasteiger partial charge on any atom is 0.256 e. The van der Waals surface area contributed by atoms with Gasteiger partial charge in [-0.3, -0.25) is 9.52 Å². The fraction of sp³-hybridized carbons (Fsp3) is 0.321. The van der Waals surface area contributed by atoms with Crippen LogP contribution < -0.4 is 15.0 Å². The third-order valence-electron chi connectivity index (χ3n) is 5.68. The highest BCUT2D eigenvalue weighted by molar-refractivity contribution is 7.92. The van der Waals surface area contributed by atoms with E-state index in [1.165, 1.54) is 0 Å². The standard InChI is InChI=1S/C28H34N2O5S/c1-18-8-13-24(27(31)29-18)21-14-20(26(35-6)25(16-21)28(2,3)4)10-9-19-11-12-23(30-36(7,32)33)15-22(19)17-34-5/h8-16,30H,17H2,1-7H3,(H,29,31)/b10-9+. The van der Waals surface area contributed by atoms with Crippen LogP contribution in [0.5, 0.6) is 5.75 Å². The quantitative estimate of drug-likeness (QED) is 0.399. The number of nitrogens with one attached hydrogen (secondary N) is 2. The molecule has 0 bridgehead atoms. The minimum atomic E-state index is -3.40. The fourth-order valence-corrected chi connectivity index (χ4v) is 4.58. The zero-order valence-electron chi connectivity index (χ0n) is 21.9. The van der Waals surface area contributed by atoms with Gasteiger partial charge in [-0.1, -0.05) is 39.0 Å². The average molecular weight is 511 g/mol. The maximum atomic E-state index is 12.7. The summed E-state index contributed by atoms with van der Waals surface area (Å²) in [6, 6.07) is 13.0. The minimum Gasteiger partial charge on any atom is -0.496 e. The molecule has 8 heteroatoms. The molecule has 192 valence electrons. The molecule has 0 amide bonds. The van der Waals surface area contributed by atoms with E-state index in [1.807, 2.05) is 49.4 Å². The number of aromatic nitrogens is 1. The molecule has 0 unspecified atom stereocenters. The number of anilines is 1. The van der Waals surface area contributed by atoms with Crippen LogP contribution in [0.1, 0.15) is 48.7 Å². The van der Waals surface area contributed by atoms with Gasteiger partial charge >= 0.3 is 0 Å². The number of aromatic amines is 1. The summed E-state index contributed by atoms with van der Waals surface area (Å²) in [7, 11) is -0.166. The lowest BCUT2D eigenvalue weighted by Crippen LogP contribution is -2.15. The Balaban J connectivity index is 2.17. The topological polar surface area (TPSA) is 97.5 Å². The zero-order valence-corrected chi connectivity index (χ0v) is 22.7. The molecule has 0 saturated heterocycles. The highest BCUT2D eigenvalue weighted by Gasteiger charge is 2.23. The summed E-state index contributed by atoms with van der Waals surface area (Å²) in [6.45, 7) is 8.47. The lowest BCUT2D eigenvalue weighted by atomic mass is 9.83. The number of aryl methyl sites for hydroxylation is 1. The van der Waals surface area contributed by atoms with Crippen molar-refractivity contribution in [1.29, 1.82) is 0 Å². The summed E-state index contributed by atoms with van der Waals surface area (Å²) >= 11 is 0. The fourth-order valence-electron chi connectivity index (χ4n) is 4.02. The van der Waals surface area contributed by atoms with Crippen LogP contribution >= 0.6 is 0 Å². The van der Waals surface area contributed by atoms with E-state index in [9.17, 15) is 13.2 Å². The number of H-pyrrole nitrogens is 1. The van der Waals surface area contributed by atoms with Crippen LogP contribution in [-0.2, 0) is 26.8 Å². The van der Waals surface area contributed by atoms with Gasteiger partial charge in [-0.15, -0.1) is 0 Å². The summed E-state index contributed by atoms with van der Waals surface area (Å²) in [6.07, 6.45) is 4.99. The first-order valence-corrected chi connectivity index (χ1v) is 13.4. The van der Waals surface area contributed by atoms with Gasteiger partial charge < -0.3 is 14.5 Å². The Labute approximate surface area is 213 Å². The number of sulfonamides is 1. The maximum absolute atomic E-state index is 12.7. The lowest BCUT2D eigenvalue weighted by molar-refractivity contribution is 0.185. The van der Waals surface area contributed by atoms with E-state index in [0.29, 0.717) is 17.9 Å². The first kappa shape index (κ1) is 27.2. The van der Waals surface area contributed by atoms with Crippen molar-refractivity contribution in [1.82, 2.24) is 4.98 Å². The molecule has 3 aromatic rings. The van der Waals surface area contributed by atoms with E-state index in [-0.39, 0.29) is 11.0 Å². The monoisotopic (exact) mass is 510 g/mol. The molecule has 0 radical (unpaired) electrons. The van der Waals surface area contributed by atoms with Crippen molar-refractivity contribution in [3.05, 3.63) is 80.8 Å². The summed E-state index contributed by atoms with van der Waals surface area (Å²) in [5.41, 5.74) is 5.76. The number of hydrogen-bond acceptors (Lipinski definition) is 5. The van der Waals surface area contributed by atoms with Gasteiger partial charge in [0.25, 0.3) is 5.56 Å². The van der Waals surface area contributed by atoms with E-state index >= 15 is 0 Å². The van der Waals surface area contributed by atoms with Gasteiger partial charge in [0.1, 0.15) is 5.75 Å². The molecule has 0 saturated carbocycles. The van der Waals surface area contributed by atoms with Gasteiger partial charge in [0.2, 0.25) is 10.0 Å². The third-order valence-corrected chi connectivity index (χ3v) is 6.29. The molecule has 0 atom stereocenters. The second kappa shape index (κ2) is 10.7. The molecule has 36 heavy (non-hydrogen) atoms. The molecule has 0 aliphatic carbocycles. The average Bonchev–Trinajstić information content (AvgIpc) is 2.76. The van der Waals surface area contributed by atoms with Crippen molar-refractivity contribution < 1.29 is 17.9 Å². The number of pyridine rings is 1. The number of benzene rings is 2. The van der Waals surface area contributed by atoms with Crippen LogP contribution in [0, 0.1) is 6.92 Å². The number of ether oxygens (including phenoxy) is 2. The Bertz CT molecular complexity index is 1450. The van der Waals surface area contributed by atoms with Crippen molar-refractivity contribution in [2.45, 2.75) is 39.7 Å². The zero-order chi connectivity index (χ0) is 26.7. The van der Waals surface area contributed by atoms with Crippen LogP contribution in [0.25, 0.3) is 23.3 Å². The van der Waals surface area contributed by atoms with Crippen LogP contribution in [0.15, 0.2) is 47.3 Å². The van der Waals surface area contributed by atoms with Crippen LogP contribution in [0.3, 0.4) is 0 Å². The first-order chi connectivity index (χ1) is 16.8. The Morgan fingerprint density at radius 3 is 2.28 bits per heavy atom. The number of rotatable bonds is 8. The van der Waals surface area contributed by atoms with Gasteiger partial charge in [-0.05, 0) is 65.4 Å². The van der Waals surface area contributed by atoms with Crippen molar-refractivity contribution in [3.8, 4) is 16.9 Å². The summed E-state index contributed by atoms with van der Waals surface area (Å²) in [5.74, 6) is 0.731.